The summed E-state index contributed by atoms with van der Waals surface area (Å²) >= 11 is 9.85. The number of benzene rings is 2. The van der Waals surface area contributed by atoms with E-state index in [-0.39, 0.29) is 11.4 Å². The van der Waals surface area contributed by atoms with Crippen LogP contribution in [0.5, 0.6) is 5.75 Å². The lowest BCUT2D eigenvalue weighted by atomic mass is 10.2. The standard InChI is InChI=1S/C16H9ClI2N2O3/c17-9-1-3-10(4-2-9)21-15(23)13(20-16(21)24)7-8-5-11(18)14(22)12(19)6-8/h1-7,22H,(H,20,24)/b13-7+. The topological polar surface area (TPSA) is 69.6 Å². The van der Waals surface area contributed by atoms with Crippen LogP contribution >= 0.6 is 56.8 Å². The molecular weight excluding hydrogens is 557 g/mol. The molecule has 1 aliphatic heterocycles. The van der Waals surface area contributed by atoms with Gasteiger partial charge in [-0.2, -0.15) is 0 Å². The highest BCUT2D eigenvalue weighted by atomic mass is 127. The van der Waals surface area contributed by atoms with E-state index in [1.54, 1.807) is 42.5 Å². The van der Waals surface area contributed by atoms with Crippen molar-refractivity contribution in [1.29, 1.82) is 0 Å². The van der Waals surface area contributed by atoms with Gasteiger partial charge in [-0.3, -0.25) is 4.79 Å². The van der Waals surface area contributed by atoms with Crippen molar-refractivity contribution < 1.29 is 14.7 Å². The van der Waals surface area contributed by atoms with E-state index >= 15 is 0 Å². The summed E-state index contributed by atoms with van der Waals surface area (Å²) in [5.74, 6) is -0.247. The minimum absolute atomic E-state index is 0.173. The fourth-order valence-electron chi connectivity index (χ4n) is 2.19. The maximum absolute atomic E-state index is 12.5. The second-order valence-corrected chi connectivity index (χ2v) is 7.70. The number of urea groups is 1. The van der Waals surface area contributed by atoms with Crippen molar-refractivity contribution in [2.75, 3.05) is 4.90 Å². The number of aromatic hydroxyl groups is 1. The molecule has 1 aliphatic rings. The summed E-state index contributed by atoms with van der Waals surface area (Å²) in [7, 11) is 0. The SMILES string of the molecule is O=C1N/C(=C/c2cc(I)c(O)c(I)c2)C(=O)N1c1ccc(Cl)cc1. The molecular formula is C16H9ClI2N2O3. The van der Waals surface area contributed by atoms with Gasteiger partial charge >= 0.3 is 6.03 Å². The quantitative estimate of drug-likeness (QED) is 0.323. The molecule has 122 valence electrons. The number of nitrogens with zero attached hydrogens (tertiary/aromatic N) is 1. The summed E-state index contributed by atoms with van der Waals surface area (Å²) in [6.45, 7) is 0. The van der Waals surface area contributed by atoms with Gasteiger partial charge in [-0.25, -0.2) is 9.69 Å². The average Bonchev–Trinajstić information content (AvgIpc) is 2.80. The normalized spacial score (nSPS) is 16.0. The van der Waals surface area contributed by atoms with E-state index in [1.807, 2.05) is 45.2 Å². The zero-order valence-corrected chi connectivity index (χ0v) is 17.0. The fourth-order valence-corrected chi connectivity index (χ4v) is 4.14. The Morgan fingerprint density at radius 3 is 2.25 bits per heavy atom. The van der Waals surface area contributed by atoms with Crippen LogP contribution in [0.4, 0.5) is 10.5 Å². The zero-order valence-electron chi connectivity index (χ0n) is 11.9. The van der Waals surface area contributed by atoms with Crippen LogP contribution in [0.15, 0.2) is 42.1 Å². The van der Waals surface area contributed by atoms with Gasteiger partial charge in [0.1, 0.15) is 11.4 Å². The number of rotatable bonds is 2. The van der Waals surface area contributed by atoms with Crippen molar-refractivity contribution in [3.8, 4) is 5.75 Å². The lowest BCUT2D eigenvalue weighted by molar-refractivity contribution is -0.113. The summed E-state index contributed by atoms with van der Waals surface area (Å²) in [4.78, 5) is 25.7. The highest BCUT2D eigenvalue weighted by molar-refractivity contribution is 14.1. The molecule has 0 bridgehead atoms. The van der Waals surface area contributed by atoms with Crippen molar-refractivity contribution >= 4 is 80.5 Å². The Balaban J connectivity index is 1.95. The molecule has 0 atom stereocenters. The number of nitrogens with one attached hydrogen (secondary N) is 1. The van der Waals surface area contributed by atoms with E-state index < -0.39 is 11.9 Å². The van der Waals surface area contributed by atoms with E-state index in [9.17, 15) is 14.7 Å². The van der Waals surface area contributed by atoms with Gasteiger partial charge in [-0.15, -0.1) is 0 Å². The number of carbonyl (C=O) groups is 2. The van der Waals surface area contributed by atoms with Crippen molar-refractivity contribution in [2.24, 2.45) is 0 Å². The number of hydrogen-bond donors (Lipinski definition) is 2. The van der Waals surface area contributed by atoms with Gasteiger partial charge in [-0.1, -0.05) is 11.6 Å². The third kappa shape index (κ3) is 3.38. The maximum atomic E-state index is 12.5. The highest BCUT2D eigenvalue weighted by Crippen LogP contribution is 2.29. The highest BCUT2D eigenvalue weighted by Gasteiger charge is 2.34. The Morgan fingerprint density at radius 1 is 1.08 bits per heavy atom. The molecule has 5 nitrogen and oxygen atoms in total. The first-order valence-corrected chi connectivity index (χ1v) is 9.21. The van der Waals surface area contributed by atoms with Gasteiger partial charge in [0, 0.05) is 5.02 Å². The predicted octanol–water partition coefficient (Wildman–Crippen LogP) is 4.35. The van der Waals surface area contributed by atoms with E-state index in [0.29, 0.717) is 23.4 Å². The first kappa shape index (κ1) is 17.5. The lowest BCUT2D eigenvalue weighted by Crippen LogP contribution is -2.30. The van der Waals surface area contributed by atoms with Crippen LogP contribution in [0.25, 0.3) is 6.08 Å². The van der Waals surface area contributed by atoms with Crippen LogP contribution < -0.4 is 10.2 Å². The minimum atomic E-state index is -0.517. The Labute approximate surface area is 170 Å². The molecule has 2 N–H and O–H groups in total. The molecule has 8 heteroatoms. The molecule has 0 aromatic heterocycles. The Bertz CT molecular complexity index is 858. The number of imide groups is 1. The van der Waals surface area contributed by atoms with Crippen LogP contribution in [0, 0.1) is 7.14 Å². The van der Waals surface area contributed by atoms with E-state index in [2.05, 4.69) is 5.32 Å². The number of halogens is 3. The largest absolute Gasteiger partial charge is 0.506 e. The van der Waals surface area contributed by atoms with Crippen molar-refractivity contribution in [2.45, 2.75) is 0 Å². The van der Waals surface area contributed by atoms with Crippen LogP contribution in [-0.4, -0.2) is 17.0 Å². The van der Waals surface area contributed by atoms with Crippen molar-refractivity contribution in [1.82, 2.24) is 5.32 Å². The van der Waals surface area contributed by atoms with Crippen LogP contribution in [0.3, 0.4) is 0 Å². The Hall–Kier alpha value is -1.33. The van der Waals surface area contributed by atoms with Crippen molar-refractivity contribution in [3.05, 3.63) is 59.8 Å². The lowest BCUT2D eigenvalue weighted by Gasteiger charge is -2.11. The van der Waals surface area contributed by atoms with E-state index in [1.165, 1.54) is 0 Å². The molecule has 0 aliphatic carbocycles. The molecule has 1 heterocycles. The second kappa shape index (κ2) is 6.89. The number of hydrogen-bond acceptors (Lipinski definition) is 3. The number of phenols is 1. The van der Waals surface area contributed by atoms with E-state index in [4.69, 9.17) is 11.6 Å². The van der Waals surface area contributed by atoms with Gasteiger partial charge in [0.2, 0.25) is 0 Å². The molecule has 0 spiro atoms. The number of amides is 3. The maximum Gasteiger partial charge on any atom is 0.333 e. The average molecular weight is 567 g/mol. The van der Waals surface area contributed by atoms with Crippen LogP contribution in [-0.2, 0) is 4.79 Å². The number of anilines is 1. The van der Waals surface area contributed by atoms with Gasteiger partial charge in [-0.05, 0) is 93.2 Å². The third-order valence-corrected chi connectivity index (χ3v) is 5.21. The smallest absolute Gasteiger partial charge is 0.333 e. The zero-order chi connectivity index (χ0) is 17.4. The van der Waals surface area contributed by atoms with Gasteiger partial charge in [0.25, 0.3) is 5.91 Å². The first-order chi connectivity index (χ1) is 11.4. The van der Waals surface area contributed by atoms with Crippen LogP contribution in [0.2, 0.25) is 5.02 Å². The molecule has 1 fully saturated rings. The molecule has 1 saturated heterocycles. The minimum Gasteiger partial charge on any atom is -0.506 e. The molecule has 2 aromatic carbocycles. The summed E-state index contributed by atoms with van der Waals surface area (Å²) in [6.07, 6.45) is 1.58. The Morgan fingerprint density at radius 2 is 1.67 bits per heavy atom. The van der Waals surface area contributed by atoms with Crippen molar-refractivity contribution in [3.63, 3.8) is 0 Å². The third-order valence-electron chi connectivity index (χ3n) is 3.31. The van der Waals surface area contributed by atoms with Gasteiger partial charge in [0.15, 0.2) is 0 Å². The molecule has 0 radical (unpaired) electrons. The Kier molecular flexibility index (Phi) is 5.02. The molecule has 3 amide bonds. The second-order valence-electron chi connectivity index (χ2n) is 4.94. The van der Waals surface area contributed by atoms with Gasteiger partial charge < -0.3 is 10.4 Å². The fraction of sp³-hybridized carbons (Fsp3) is 0. The summed E-state index contributed by atoms with van der Waals surface area (Å²) in [6, 6.07) is 9.39. The predicted molar refractivity (Wildman–Crippen MR) is 109 cm³/mol. The van der Waals surface area contributed by atoms with Crippen LogP contribution in [0.1, 0.15) is 5.56 Å². The van der Waals surface area contributed by atoms with Gasteiger partial charge in [0.05, 0.1) is 12.8 Å². The van der Waals surface area contributed by atoms with E-state index in [0.717, 1.165) is 4.90 Å². The summed E-state index contributed by atoms with van der Waals surface area (Å²) < 4.78 is 1.33. The summed E-state index contributed by atoms with van der Waals surface area (Å²) in [5.41, 5.74) is 1.33. The molecule has 24 heavy (non-hydrogen) atoms. The molecule has 0 saturated carbocycles. The number of carbonyl (C=O) groups excluding carboxylic acids is 2. The summed E-state index contributed by atoms with van der Waals surface area (Å²) in [5, 5.41) is 12.9. The molecule has 3 rings (SSSR count). The molecule has 0 unspecified atom stereocenters. The molecule has 2 aromatic rings. The monoisotopic (exact) mass is 566 g/mol. The number of phenolic OH excluding ortho intramolecular Hbond substituents is 1. The first-order valence-electron chi connectivity index (χ1n) is 6.67.